The summed E-state index contributed by atoms with van der Waals surface area (Å²) in [7, 11) is 3.08. The standard InChI is InChI=1S/C26H25F3N6O4/c1-37-21-11-17-18(12-22(21)38-2)30-9-7-20(17)39-16-5-6-23(32-13-16)33-25(36)24-19(31-10-8-26(27,28)29)14-35(34-24)15-3-4-15/h5-7,9,11-15,31H,3-4,8,10H2,1-2H3,(H,32,33,36). The van der Waals surface area contributed by atoms with Gasteiger partial charge in [-0.2, -0.15) is 18.3 Å². The average Bonchev–Trinajstić information content (AvgIpc) is 3.68. The Labute approximate surface area is 221 Å². The Kier molecular flexibility index (Phi) is 7.13. The normalized spacial score (nSPS) is 13.3. The zero-order valence-corrected chi connectivity index (χ0v) is 21.1. The molecule has 0 unspecified atom stereocenters. The number of methoxy groups -OCH3 is 2. The van der Waals surface area contributed by atoms with Crippen LogP contribution in [0.2, 0.25) is 0 Å². The fraction of sp³-hybridized carbons (Fsp3) is 0.308. The van der Waals surface area contributed by atoms with Gasteiger partial charge in [-0.1, -0.05) is 0 Å². The third-order valence-electron chi connectivity index (χ3n) is 6.00. The Morgan fingerprint density at radius 1 is 1.08 bits per heavy atom. The quantitative estimate of drug-likeness (QED) is 0.267. The zero-order chi connectivity index (χ0) is 27.6. The maximum atomic E-state index is 12.9. The van der Waals surface area contributed by atoms with E-state index in [2.05, 4.69) is 25.7 Å². The maximum absolute atomic E-state index is 12.9. The minimum Gasteiger partial charge on any atom is -0.493 e. The molecule has 1 aliphatic rings. The highest BCUT2D eigenvalue weighted by Gasteiger charge is 2.29. The Morgan fingerprint density at radius 2 is 1.85 bits per heavy atom. The molecule has 1 amide bonds. The van der Waals surface area contributed by atoms with Crippen molar-refractivity contribution in [3.8, 4) is 23.0 Å². The molecule has 1 aromatic carbocycles. The van der Waals surface area contributed by atoms with Crippen LogP contribution in [0.25, 0.3) is 10.9 Å². The Morgan fingerprint density at radius 3 is 2.51 bits per heavy atom. The zero-order valence-electron chi connectivity index (χ0n) is 21.1. The van der Waals surface area contributed by atoms with Crippen LogP contribution in [0.4, 0.5) is 24.7 Å². The first-order chi connectivity index (χ1) is 18.7. The number of hydrogen-bond acceptors (Lipinski definition) is 8. The van der Waals surface area contributed by atoms with Gasteiger partial charge in [-0.15, -0.1) is 0 Å². The van der Waals surface area contributed by atoms with E-state index in [1.54, 1.807) is 54.5 Å². The molecule has 0 atom stereocenters. The summed E-state index contributed by atoms with van der Waals surface area (Å²) in [6.07, 6.45) is 1.08. The predicted molar refractivity (Wildman–Crippen MR) is 137 cm³/mol. The van der Waals surface area contributed by atoms with E-state index in [0.717, 1.165) is 12.8 Å². The van der Waals surface area contributed by atoms with Crippen LogP contribution in [-0.2, 0) is 0 Å². The number of carbonyl (C=O) groups excluding carboxylic acids is 1. The summed E-state index contributed by atoms with van der Waals surface area (Å²) < 4.78 is 56.1. The van der Waals surface area contributed by atoms with E-state index in [1.807, 2.05) is 0 Å². The molecule has 0 spiro atoms. The predicted octanol–water partition coefficient (Wildman–Crippen LogP) is 5.59. The van der Waals surface area contributed by atoms with Crippen molar-refractivity contribution in [1.29, 1.82) is 0 Å². The molecule has 0 radical (unpaired) electrons. The van der Waals surface area contributed by atoms with E-state index in [9.17, 15) is 18.0 Å². The average molecular weight is 543 g/mol. The first-order valence-electron chi connectivity index (χ1n) is 12.1. The molecule has 204 valence electrons. The molecule has 1 aliphatic carbocycles. The molecule has 10 nitrogen and oxygen atoms in total. The molecular weight excluding hydrogens is 517 g/mol. The van der Waals surface area contributed by atoms with Crippen LogP contribution in [0.5, 0.6) is 23.0 Å². The molecule has 1 fully saturated rings. The maximum Gasteiger partial charge on any atom is 0.390 e. The molecule has 0 saturated heterocycles. The number of halogens is 3. The lowest BCUT2D eigenvalue weighted by atomic mass is 10.2. The molecule has 0 aliphatic heterocycles. The number of ether oxygens (including phenoxy) is 3. The molecule has 13 heteroatoms. The van der Waals surface area contributed by atoms with Crippen LogP contribution in [0.3, 0.4) is 0 Å². The fourth-order valence-corrected chi connectivity index (χ4v) is 3.91. The van der Waals surface area contributed by atoms with Gasteiger partial charge in [0.05, 0.1) is 44.1 Å². The monoisotopic (exact) mass is 542 g/mol. The third-order valence-corrected chi connectivity index (χ3v) is 6.00. The summed E-state index contributed by atoms with van der Waals surface area (Å²) in [6.45, 7) is -0.368. The minimum atomic E-state index is -4.31. The van der Waals surface area contributed by atoms with E-state index in [-0.39, 0.29) is 29.8 Å². The summed E-state index contributed by atoms with van der Waals surface area (Å²) in [4.78, 5) is 21.5. The smallest absolute Gasteiger partial charge is 0.390 e. The van der Waals surface area contributed by atoms with Crippen molar-refractivity contribution < 1.29 is 32.2 Å². The van der Waals surface area contributed by atoms with Gasteiger partial charge in [0.15, 0.2) is 17.2 Å². The van der Waals surface area contributed by atoms with Gasteiger partial charge in [0.2, 0.25) is 0 Å². The second-order valence-corrected chi connectivity index (χ2v) is 8.86. The second kappa shape index (κ2) is 10.7. The molecule has 3 heterocycles. The van der Waals surface area contributed by atoms with E-state index < -0.39 is 18.5 Å². The summed E-state index contributed by atoms with van der Waals surface area (Å²) in [6, 6.07) is 8.53. The highest BCUT2D eigenvalue weighted by Crippen LogP contribution is 2.37. The highest BCUT2D eigenvalue weighted by molar-refractivity contribution is 6.06. The number of anilines is 2. The van der Waals surface area contributed by atoms with Gasteiger partial charge < -0.3 is 24.8 Å². The van der Waals surface area contributed by atoms with Gasteiger partial charge in [0, 0.05) is 30.4 Å². The molecule has 4 aromatic rings. The number of pyridine rings is 2. The molecule has 39 heavy (non-hydrogen) atoms. The van der Waals surface area contributed by atoms with Crippen molar-refractivity contribution in [2.24, 2.45) is 0 Å². The van der Waals surface area contributed by atoms with Crippen molar-refractivity contribution in [2.75, 3.05) is 31.4 Å². The minimum absolute atomic E-state index is 0.00108. The Balaban J connectivity index is 1.29. The summed E-state index contributed by atoms with van der Waals surface area (Å²) >= 11 is 0. The molecule has 3 aromatic heterocycles. The molecule has 2 N–H and O–H groups in total. The van der Waals surface area contributed by atoms with Gasteiger partial charge in [0.25, 0.3) is 5.91 Å². The SMILES string of the molecule is COc1cc2nccc(Oc3ccc(NC(=O)c4nn(C5CC5)cc4NCCC(F)(F)F)nc3)c2cc1OC. The van der Waals surface area contributed by atoms with Crippen molar-refractivity contribution in [3.63, 3.8) is 0 Å². The van der Waals surface area contributed by atoms with E-state index in [4.69, 9.17) is 14.2 Å². The van der Waals surface area contributed by atoms with Crippen LogP contribution in [-0.4, -0.2) is 52.6 Å². The third kappa shape index (κ3) is 6.13. The van der Waals surface area contributed by atoms with E-state index in [0.29, 0.717) is 33.9 Å². The van der Waals surface area contributed by atoms with Crippen molar-refractivity contribution in [1.82, 2.24) is 19.7 Å². The lowest BCUT2D eigenvalue weighted by Gasteiger charge is -2.12. The number of aromatic nitrogens is 4. The van der Waals surface area contributed by atoms with Crippen molar-refractivity contribution >= 4 is 28.3 Å². The number of hydrogen-bond donors (Lipinski definition) is 2. The van der Waals surface area contributed by atoms with E-state index >= 15 is 0 Å². The van der Waals surface area contributed by atoms with Gasteiger partial charge in [-0.25, -0.2) is 4.98 Å². The number of alkyl halides is 3. The van der Waals surface area contributed by atoms with Gasteiger partial charge in [-0.3, -0.25) is 14.5 Å². The number of benzene rings is 1. The van der Waals surface area contributed by atoms with Crippen LogP contribution in [0.1, 0.15) is 35.8 Å². The van der Waals surface area contributed by atoms with Crippen LogP contribution in [0.15, 0.2) is 48.9 Å². The second-order valence-electron chi connectivity index (χ2n) is 8.86. The largest absolute Gasteiger partial charge is 0.493 e. The van der Waals surface area contributed by atoms with E-state index in [1.165, 1.54) is 13.3 Å². The lowest BCUT2D eigenvalue weighted by Crippen LogP contribution is -2.18. The Hall–Kier alpha value is -4.55. The summed E-state index contributed by atoms with van der Waals surface area (Å²) in [5, 5.41) is 10.3. The van der Waals surface area contributed by atoms with Gasteiger partial charge in [-0.05, 0) is 37.1 Å². The molecule has 1 saturated carbocycles. The first kappa shape index (κ1) is 26.1. The summed E-state index contributed by atoms with van der Waals surface area (Å²) in [5.41, 5.74) is 0.881. The first-order valence-corrected chi connectivity index (χ1v) is 12.1. The number of nitrogens with zero attached hydrogens (tertiary/aromatic N) is 4. The number of carbonyl (C=O) groups is 1. The number of rotatable bonds is 10. The molecule has 5 rings (SSSR count). The van der Waals surface area contributed by atoms with Crippen LogP contribution < -0.4 is 24.8 Å². The highest BCUT2D eigenvalue weighted by atomic mass is 19.4. The van der Waals surface area contributed by atoms with Crippen LogP contribution in [0, 0.1) is 0 Å². The topological polar surface area (TPSA) is 112 Å². The van der Waals surface area contributed by atoms with Crippen molar-refractivity contribution in [2.45, 2.75) is 31.5 Å². The molecule has 0 bridgehead atoms. The number of fused-ring (bicyclic) bond motifs is 1. The van der Waals surface area contributed by atoms with Gasteiger partial charge in [0.1, 0.15) is 17.3 Å². The number of amides is 1. The summed E-state index contributed by atoms with van der Waals surface area (Å²) in [5.74, 6) is 1.61. The fourth-order valence-electron chi connectivity index (χ4n) is 3.91. The molecular formula is C26H25F3N6O4. The van der Waals surface area contributed by atoms with Gasteiger partial charge >= 0.3 is 6.18 Å². The number of nitrogens with one attached hydrogen (secondary N) is 2. The Bertz CT molecular complexity index is 1490. The van der Waals surface area contributed by atoms with Crippen molar-refractivity contribution in [3.05, 3.63) is 54.6 Å². The van der Waals surface area contributed by atoms with Crippen LogP contribution >= 0.6 is 0 Å². The lowest BCUT2D eigenvalue weighted by molar-refractivity contribution is -0.131.